The van der Waals surface area contributed by atoms with Crippen molar-refractivity contribution in [2.24, 2.45) is 0 Å². The van der Waals surface area contributed by atoms with Crippen molar-refractivity contribution in [2.45, 2.75) is 58.5 Å². The van der Waals surface area contributed by atoms with Crippen molar-refractivity contribution in [3.8, 4) is 0 Å². The molecule has 148 valence electrons. The lowest BCUT2D eigenvalue weighted by molar-refractivity contribution is 0.230. The smallest absolute Gasteiger partial charge is 0.253 e. The Hall–Kier alpha value is -2.54. The molecule has 1 N–H and O–H groups in total. The van der Waals surface area contributed by atoms with E-state index in [1.165, 1.54) is 5.56 Å². The second-order valence-electron chi connectivity index (χ2n) is 8.40. The molecule has 0 radical (unpaired) electrons. The van der Waals surface area contributed by atoms with Crippen molar-refractivity contribution in [3.05, 3.63) is 51.6 Å². The highest BCUT2D eigenvalue weighted by atomic mass is 16.1. The molecule has 28 heavy (non-hydrogen) atoms. The Morgan fingerprint density at radius 3 is 2.68 bits per heavy atom. The zero-order valence-electron chi connectivity index (χ0n) is 17.1. The summed E-state index contributed by atoms with van der Waals surface area (Å²) in [7, 11) is 0. The van der Waals surface area contributed by atoms with Crippen molar-refractivity contribution in [1.82, 2.24) is 30.1 Å². The molecule has 7 heteroatoms. The van der Waals surface area contributed by atoms with Crippen molar-refractivity contribution < 1.29 is 0 Å². The molecule has 0 aliphatic carbocycles. The molecule has 4 rings (SSSR count). The molecular weight excluding hydrogens is 352 g/mol. The topological polar surface area (TPSA) is 79.7 Å². The van der Waals surface area contributed by atoms with Crippen LogP contribution >= 0.6 is 0 Å². The number of H-pyrrole nitrogens is 1. The highest BCUT2D eigenvalue weighted by molar-refractivity contribution is 5.79. The van der Waals surface area contributed by atoms with Crippen LogP contribution in [0.15, 0.2) is 29.1 Å². The fraction of sp³-hybridized carbons (Fsp3) is 0.524. The predicted octanol–water partition coefficient (Wildman–Crippen LogP) is 3.15. The maximum atomic E-state index is 13.1. The molecule has 0 spiro atoms. The lowest BCUT2D eigenvalue weighted by Gasteiger charge is -2.30. The van der Waals surface area contributed by atoms with Gasteiger partial charge in [0.2, 0.25) is 0 Å². The van der Waals surface area contributed by atoms with Gasteiger partial charge in [-0.2, -0.15) is 0 Å². The van der Waals surface area contributed by atoms with Crippen LogP contribution < -0.4 is 5.56 Å². The third-order valence-electron chi connectivity index (χ3n) is 6.01. The lowest BCUT2D eigenvalue weighted by atomic mass is 9.99. The fourth-order valence-corrected chi connectivity index (χ4v) is 3.99. The van der Waals surface area contributed by atoms with Gasteiger partial charge in [0.15, 0.2) is 5.82 Å². The van der Waals surface area contributed by atoms with Crippen molar-refractivity contribution in [3.63, 3.8) is 0 Å². The van der Waals surface area contributed by atoms with E-state index in [4.69, 9.17) is 0 Å². The van der Waals surface area contributed by atoms with E-state index in [2.05, 4.69) is 59.2 Å². The summed E-state index contributed by atoms with van der Waals surface area (Å²) in [5.74, 6) is 0.742. The van der Waals surface area contributed by atoms with E-state index in [1.807, 2.05) is 22.9 Å². The Morgan fingerprint density at radius 2 is 1.96 bits per heavy atom. The zero-order valence-corrected chi connectivity index (χ0v) is 17.1. The van der Waals surface area contributed by atoms with Crippen LogP contribution in [-0.4, -0.2) is 43.2 Å². The molecule has 1 fully saturated rings. The number of nitrogens with one attached hydrogen (secondary N) is 1. The van der Waals surface area contributed by atoms with Gasteiger partial charge in [-0.1, -0.05) is 18.6 Å². The number of aromatic amines is 1. The molecule has 7 nitrogen and oxygen atoms in total. The lowest BCUT2D eigenvalue weighted by Crippen LogP contribution is -2.37. The summed E-state index contributed by atoms with van der Waals surface area (Å²) >= 11 is 0. The summed E-state index contributed by atoms with van der Waals surface area (Å²) in [5, 5.41) is 13.7. The average Bonchev–Trinajstić information content (AvgIpc) is 3.35. The standard InChI is InChI=1S/C21H28N6O/c1-5-21(3,4)27-19(23-24-25-27)18(26-10-6-7-11-26)16-13-15-12-14(2)8-9-17(15)22-20(16)28/h8-9,12-13,18H,5-7,10-11H2,1-4H3,(H,22,28)/t18-/m1/s1. The Bertz CT molecular complexity index is 1040. The van der Waals surface area contributed by atoms with E-state index in [0.29, 0.717) is 5.56 Å². The van der Waals surface area contributed by atoms with E-state index in [1.54, 1.807) is 0 Å². The number of rotatable bonds is 5. The van der Waals surface area contributed by atoms with Gasteiger partial charge in [-0.3, -0.25) is 9.69 Å². The Balaban J connectivity index is 1.92. The maximum Gasteiger partial charge on any atom is 0.253 e. The number of benzene rings is 1. The molecule has 1 atom stereocenters. The molecule has 3 heterocycles. The Labute approximate surface area is 164 Å². The Morgan fingerprint density at radius 1 is 1.21 bits per heavy atom. The second-order valence-corrected chi connectivity index (χ2v) is 8.40. The van der Waals surface area contributed by atoms with Crippen LogP contribution in [0.2, 0.25) is 0 Å². The minimum atomic E-state index is -0.253. The third-order valence-corrected chi connectivity index (χ3v) is 6.01. The summed E-state index contributed by atoms with van der Waals surface area (Å²) in [4.78, 5) is 18.5. The molecular formula is C21H28N6O. The van der Waals surface area contributed by atoms with Crippen LogP contribution in [-0.2, 0) is 5.54 Å². The number of aromatic nitrogens is 5. The SMILES string of the molecule is CCC(C)(C)n1nnnc1[C@@H](c1cc2cc(C)ccc2[nH]c1=O)N1CCCC1. The van der Waals surface area contributed by atoms with Gasteiger partial charge in [0, 0.05) is 11.1 Å². The van der Waals surface area contributed by atoms with Crippen LogP contribution in [0, 0.1) is 6.92 Å². The molecule has 1 saturated heterocycles. The first-order chi connectivity index (χ1) is 13.4. The molecule has 0 amide bonds. The molecule has 0 saturated carbocycles. The van der Waals surface area contributed by atoms with E-state index < -0.39 is 0 Å². The van der Waals surface area contributed by atoms with E-state index in [-0.39, 0.29) is 17.1 Å². The predicted molar refractivity (Wildman–Crippen MR) is 109 cm³/mol. The number of fused-ring (bicyclic) bond motifs is 1. The minimum absolute atomic E-state index is 0.0721. The number of hydrogen-bond donors (Lipinski definition) is 1. The highest BCUT2D eigenvalue weighted by Gasteiger charge is 2.35. The van der Waals surface area contributed by atoms with Crippen LogP contribution in [0.5, 0.6) is 0 Å². The average molecular weight is 380 g/mol. The minimum Gasteiger partial charge on any atom is -0.322 e. The highest BCUT2D eigenvalue weighted by Crippen LogP contribution is 2.32. The molecule has 1 aliphatic rings. The normalized spacial score (nSPS) is 16.7. The third kappa shape index (κ3) is 3.24. The van der Waals surface area contributed by atoms with E-state index in [9.17, 15) is 4.79 Å². The number of likely N-dealkylation sites (tertiary alicyclic amines) is 1. The number of tetrazole rings is 1. The molecule has 0 unspecified atom stereocenters. The van der Waals surface area contributed by atoms with Crippen molar-refractivity contribution >= 4 is 10.9 Å². The van der Waals surface area contributed by atoms with Crippen LogP contribution in [0.4, 0.5) is 0 Å². The first-order valence-corrected chi connectivity index (χ1v) is 10.1. The van der Waals surface area contributed by atoms with Gasteiger partial charge >= 0.3 is 0 Å². The van der Waals surface area contributed by atoms with Gasteiger partial charge in [-0.15, -0.1) is 5.10 Å². The number of hydrogen-bond acceptors (Lipinski definition) is 5. The van der Waals surface area contributed by atoms with Crippen LogP contribution in [0.3, 0.4) is 0 Å². The summed E-state index contributed by atoms with van der Waals surface area (Å²) in [6, 6.07) is 7.85. The van der Waals surface area contributed by atoms with Gasteiger partial charge in [0.25, 0.3) is 5.56 Å². The van der Waals surface area contributed by atoms with E-state index in [0.717, 1.165) is 49.1 Å². The number of nitrogens with zero attached hydrogens (tertiary/aromatic N) is 5. The zero-order chi connectivity index (χ0) is 19.9. The van der Waals surface area contributed by atoms with Crippen LogP contribution in [0.1, 0.15) is 63.0 Å². The molecule has 3 aromatic rings. The quantitative estimate of drug-likeness (QED) is 0.735. The summed E-state index contributed by atoms with van der Waals surface area (Å²) in [5.41, 5.74) is 2.44. The van der Waals surface area contributed by atoms with Crippen molar-refractivity contribution in [1.29, 1.82) is 0 Å². The monoisotopic (exact) mass is 380 g/mol. The van der Waals surface area contributed by atoms with Crippen molar-refractivity contribution in [2.75, 3.05) is 13.1 Å². The summed E-state index contributed by atoms with van der Waals surface area (Å²) < 4.78 is 1.90. The first-order valence-electron chi connectivity index (χ1n) is 10.1. The van der Waals surface area contributed by atoms with Gasteiger partial charge in [-0.05, 0) is 87.1 Å². The van der Waals surface area contributed by atoms with Gasteiger partial charge in [-0.25, -0.2) is 4.68 Å². The summed E-state index contributed by atoms with van der Waals surface area (Å²) in [6.07, 6.45) is 3.14. The number of aryl methyl sites for hydroxylation is 1. The van der Waals surface area contributed by atoms with Crippen LogP contribution in [0.25, 0.3) is 10.9 Å². The second kappa shape index (κ2) is 7.13. The number of pyridine rings is 1. The largest absolute Gasteiger partial charge is 0.322 e. The Kier molecular flexibility index (Phi) is 4.79. The fourth-order valence-electron chi connectivity index (χ4n) is 3.99. The van der Waals surface area contributed by atoms with Gasteiger partial charge in [0.1, 0.15) is 6.04 Å². The molecule has 1 aliphatic heterocycles. The first kappa shape index (κ1) is 18.8. The van der Waals surface area contributed by atoms with Gasteiger partial charge in [0.05, 0.1) is 5.54 Å². The molecule has 2 aromatic heterocycles. The molecule has 0 bridgehead atoms. The summed E-state index contributed by atoms with van der Waals surface area (Å²) in [6.45, 7) is 10.3. The van der Waals surface area contributed by atoms with E-state index >= 15 is 0 Å². The molecule has 1 aromatic carbocycles. The maximum absolute atomic E-state index is 13.1. The van der Waals surface area contributed by atoms with Gasteiger partial charge < -0.3 is 4.98 Å².